The summed E-state index contributed by atoms with van der Waals surface area (Å²) in [6, 6.07) is 15.6. The number of hydrogen-bond donors (Lipinski definition) is 4. The number of amides is 4. The Labute approximate surface area is 301 Å². The zero-order valence-electron chi connectivity index (χ0n) is 29.1. The molecule has 1 aliphatic heterocycles. The fourth-order valence-electron chi connectivity index (χ4n) is 5.32. The van der Waals surface area contributed by atoms with Gasteiger partial charge in [0.05, 0.1) is 6.04 Å². The molecule has 50 heavy (non-hydrogen) atoms. The van der Waals surface area contributed by atoms with Gasteiger partial charge in [-0.2, -0.15) is 0 Å². The van der Waals surface area contributed by atoms with E-state index in [1.807, 2.05) is 48.5 Å². The van der Waals surface area contributed by atoms with Crippen LogP contribution in [0.2, 0.25) is 0 Å². The summed E-state index contributed by atoms with van der Waals surface area (Å²) in [5.41, 5.74) is 12.6. The molecule has 6 N–H and O–H groups in total. The predicted molar refractivity (Wildman–Crippen MR) is 193 cm³/mol. The zero-order valence-corrected chi connectivity index (χ0v) is 29.9. The van der Waals surface area contributed by atoms with Crippen LogP contribution >= 0.6 is 12.4 Å². The second kappa shape index (κ2) is 23.2. The van der Waals surface area contributed by atoms with E-state index in [2.05, 4.69) is 29.5 Å². The summed E-state index contributed by atoms with van der Waals surface area (Å²) in [5.74, 6) is -1.63. The van der Waals surface area contributed by atoms with Gasteiger partial charge in [-0.1, -0.05) is 87.4 Å². The summed E-state index contributed by atoms with van der Waals surface area (Å²) in [4.78, 5) is 58.5. The maximum Gasteiger partial charge on any atom is 0.417 e. The maximum absolute atomic E-state index is 14.1. The Morgan fingerprint density at radius 3 is 2.08 bits per heavy atom. The number of nitrogens with one attached hydrogen (secondary N) is 2. The van der Waals surface area contributed by atoms with Crippen LogP contribution < -0.4 is 22.1 Å². The predicted octanol–water partition coefficient (Wildman–Crippen LogP) is 3.96. The second-order valence-corrected chi connectivity index (χ2v) is 12.0. The molecule has 1 aliphatic rings. The van der Waals surface area contributed by atoms with Crippen molar-refractivity contribution < 1.29 is 33.4 Å². The van der Waals surface area contributed by atoms with Crippen molar-refractivity contribution in [3.63, 3.8) is 0 Å². The number of aliphatic imine (C=N–C) groups is 1. The van der Waals surface area contributed by atoms with Gasteiger partial charge in [0.1, 0.15) is 18.7 Å². The SMILES string of the molecule is CCCCOC(OCCCC)[C@H](CCCN=C(N)N)NC(=O)[C@H](Cc1ccccc1)NC(=O)[C@H]1CCC(=O)N1C(=O)OCc1ccccc1.Cl. The molecule has 0 aromatic heterocycles. The van der Waals surface area contributed by atoms with Gasteiger partial charge in [0.25, 0.3) is 0 Å². The number of guanidine groups is 1. The van der Waals surface area contributed by atoms with Crippen molar-refractivity contribution in [3.8, 4) is 0 Å². The van der Waals surface area contributed by atoms with Crippen molar-refractivity contribution in [3.05, 3.63) is 71.8 Å². The van der Waals surface area contributed by atoms with E-state index >= 15 is 0 Å². The first-order chi connectivity index (χ1) is 23.7. The van der Waals surface area contributed by atoms with E-state index in [0.29, 0.717) is 32.6 Å². The first kappa shape index (κ1) is 42.0. The van der Waals surface area contributed by atoms with Crippen LogP contribution in [-0.2, 0) is 41.6 Å². The first-order valence-corrected chi connectivity index (χ1v) is 17.2. The molecule has 0 unspecified atom stereocenters. The van der Waals surface area contributed by atoms with Gasteiger partial charge in [-0.3, -0.25) is 19.4 Å². The number of halogens is 1. The van der Waals surface area contributed by atoms with Gasteiger partial charge in [-0.05, 0) is 43.2 Å². The lowest BCUT2D eigenvalue weighted by atomic mass is 10.0. The summed E-state index contributed by atoms with van der Waals surface area (Å²) < 4.78 is 17.7. The lowest BCUT2D eigenvalue weighted by Gasteiger charge is -2.30. The largest absolute Gasteiger partial charge is 0.444 e. The van der Waals surface area contributed by atoms with Crippen LogP contribution in [0.1, 0.15) is 76.3 Å². The smallest absolute Gasteiger partial charge is 0.417 e. The molecule has 1 fully saturated rings. The van der Waals surface area contributed by atoms with Crippen LogP contribution in [0.25, 0.3) is 0 Å². The number of rotatable bonds is 21. The molecule has 2 aromatic rings. The Kier molecular flexibility index (Phi) is 19.5. The number of carbonyl (C=O) groups excluding carboxylic acids is 4. The van der Waals surface area contributed by atoms with E-state index in [1.165, 1.54) is 0 Å². The molecule has 0 aliphatic carbocycles. The molecule has 13 nitrogen and oxygen atoms in total. The molecule has 276 valence electrons. The first-order valence-electron chi connectivity index (χ1n) is 17.2. The minimum absolute atomic E-state index is 0. The molecule has 1 heterocycles. The number of nitrogens with two attached hydrogens (primary N) is 2. The molecule has 2 aromatic carbocycles. The standard InChI is InChI=1S/C36H52N6O7.ClH/c1-3-5-22-47-34(48-23-6-4-2)28(18-13-21-39-35(37)38)40-32(44)29(24-26-14-9-7-10-15-26)41-33(45)30-19-20-31(43)42(30)36(46)49-25-27-16-11-8-12-17-27;/h7-12,14-17,28-30,34H,3-6,13,18-25H2,1-2H3,(H,40,44)(H,41,45)(H4,37,38,39);1H/t28-,29-,30+;/m0./s1. The Morgan fingerprint density at radius 1 is 0.900 bits per heavy atom. The van der Waals surface area contributed by atoms with Crippen molar-refractivity contribution in [2.24, 2.45) is 16.5 Å². The monoisotopic (exact) mass is 716 g/mol. The van der Waals surface area contributed by atoms with Gasteiger partial charge in [-0.15, -0.1) is 12.4 Å². The third-order valence-corrected chi connectivity index (χ3v) is 8.02. The molecule has 0 bridgehead atoms. The van der Waals surface area contributed by atoms with E-state index < -0.39 is 48.2 Å². The Hall–Kier alpha value is -4.20. The van der Waals surface area contributed by atoms with Gasteiger partial charge in [-0.25, -0.2) is 9.69 Å². The maximum atomic E-state index is 14.1. The number of ether oxygens (including phenoxy) is 3. The molecular weight excluding hydrogens is 664 g/mol. The van der Waals surface area contributed by atoms with Crippen molar-refractivity contribution in [1.29, 1.82) is 0 Å². The lowest BCUT2D eigenvalue weighted by Crippen LogP contribution is -2.57. The number of benzene rings is 2. The number of unbranched alkanes of at least 4 members (excludes halogenated alkanes) is 2. The molecule has 14 heteroatoms. The summed E-state index contributed by atoms with van der Waals surface area (Å²) in [5, 5.41) is 5.90. The fourth-order valence-corrected chi connectivity index (χ4v) is 5.32. The Balaban J connectivity index is 0.00000867. The molecule has 0 saturated carbocycles. The molecule has 1 saturated heterocycles. The second-order valence-electron chi connectivity index (χ2n) is 12.0. The van der Waals surface area contributed by atoms with Crippen molar-refractivity contribution in [1.82, 2.24) is 15.5 Å². The molecule has 4 amide bonds. The lowest BCUT2D eigenvalue weighted by molar-refractivity contribution is -0.165. The summed E-state index contributed by atoms with van der Waals surface area (Å²) in [7, 11) is 0. The molecule has 3 rings (SSSR count). The van der Waals surface area contributed by atoms with Crippen molar-refractivity contribution in [2.75, 3.05) is 19.8 Å². The van der Waals surface area contributed by atoms with E-state index in [1.54, 1.807) is 12.1 Å². The van der Waals surface area contributed by atoms with E-state index in [4.69, 9.17) is 25.7 Å². The van der Waals surface area contributed by atoms with Crippen LogP contribution in [0.3, 0.4) is 0 Å². The van der Waals surface area contributed by atoms with Gasteiger partial charge in [0.2, 0.25) is 17.7 Å². The van der Waals surface area contributed by atoms with Crippen LogP contribution in [0.15, 0.2) is 65.7 Å². The number of hydrogen-bond acceptors (Lipinski definition) is 8. The molecule has 0 spiro atoms. The molecule has 0 radical (unpaired) electrons. The average molecular weight is 717 g/mol. The van der Waals surface area contributed by atoms with E-state index in [-0.39, 0.29) is 44.2 Å². The highest BCUT2D eigenvalue weighted by Crippen LogP contribution is 2.21. The summed E-state index contributed by atoms with van der Waals surface area (Å²) in [6.45, 7) is 5.31. The third kappa shape index (κ3) is 14.3. The number of imide groups is 1. The summed E-state index contributed by atoms with van der Waals surface area (Å²) >= 11 is 0. The topological polar surface area (TPSA) is 188 Å². The van der Waals surface area contributed by atoms with Crippen LogP contribution in [0.4, 0.5) is 4.79 Å². The number of likely N-dealkylation sites (tertiary alicyclic amines) is 1. The van der Waals surface area contributed by atoms with Crippen LogP contribution in [0.5, 0.6) is 0 Å². The molecule has 3 atom stereocenters. The Bertz CT molecular complexity index is 1340. The minimum atomic E-state index is -1.13. The molecular formula is C36H53ClN6O7. The zero-order chi connectivity index (χ0) is 35.4. The van der Waals surface area contributed by atoms with Gasteiger partial charge < -0.3 is 36.3 Å². The number of nitrogens with zero attached hydrogens (tertiary/aromatic N) is 2. The van der Waals surface area contributed by atoms with E-state index in [9.17, 15) is 19.2 Å². The van der Waals surface area contributed by atoms with E-state index in [0.717, 1.165) is 41.7 Å². The highest BCUT2D eigenvalue weighted by molar-refractivity contribution is 6.01. The van der Waals surface area contributed by atoms with Gasteiger partial charge in [0.15, 0.2) is 12.2 Å². The summed E-state index contributed by atoms with van der Waals surface area (Å²) in [6.07, 6.45) is 3.08. The third-order valence-electron chi connectivity index (χ3n) is 8.02. The normalized spacial score (nSPS) is 15.1. The van der Waals surface area contributed by atoms with Crippen molar-refractivity contribution >= 4 is 42.2 Å². The fraction of sp³-hybridized carbons (Fsp3) is 0.528. The van der Waals surface area contributed by atoms with Gasteiger partial charge in [0, 0.05) is 32.6 Å². The highest BCUT2D eigenvalue weighted by Gasteiger charge is 2.42. The average Bonchev–Trinajstić information content (AvgIpc) is 3.49. The minimum Gasteiger partial charge on any atom is -0.444 e. The highest BCUT2D eigenvalue weighted by atomic mass is 35.5. The number of carbonyl (C=O) groups is 4. The quantitative estimate of drug-likeness (QED) is 0.0642. The Morgan fingerprint density at radius 2 is 1.50 bits per heavy atom. The van der Waals surface area contributed by atoms with Crippen LogP contribution in [-0.4, -0.2) is 78.8 Å². The van der Waals surface area contributed by atoms with Crippen molar-refractivity contribution in [2.45, 2.75) is 103 Å². The van der Waals surface area contributed by atoms with Crippen LogP contribution in [0, 0.1) is 0 Å². The van der Waals surface area contributed by atoms with Gasteiger partial charge >= 0.3 is 6.09 Å².